The normalized spacial score (nSPS) is 10.2. The molecular weight excluding hydrogens is 180 g/mol. The van der Waals surface area contributed by atoms with Gasteiger partial charge in [-0.05, 0) is 12.0 Å². The first-order chi connectivity index (χ1) is 6.83. The van der Waals surface area contributed by atoms with Gasteiger partial charge in [0.1, 0.15) is 5.52 Å². The topological polar surface area (TPSA) is 85.3 Å². The largest absolute Gasteiger partial charge is 0.355 e. The predicted molar refractivity (Wildman–Crippen MR) is 50.6 cm³/mol. The van der Waals surface area contributed by atoms with Crippen molar-refractivity contribution in [1.29, 1.82) is 5.26 Å². The van der Waals surface area contributed by atoms with E-state index >= 15 is 0 Å². The van der Waals surface area contributed by atoms with E-state index in [0.29, 0.717) is 23.9 Å². The Morgan fingerprint density at radius 1 is 1.50 bits per heavy atom. The van der Waals surface area contributed by atoms with Gasteiger partial charge in [0.15, 0.2) is 0 Å². The molecule has 14 heavy (non-hydrogen) atoms. The first-order valence-electron chi connectivity index (χ1n) is 4.23. The van der Waals surface area contributed by atoms with Crippen molar-refractivity contribution in [2.24, 2.45) is 0 Å². The lowest BCUT2D eigenvalue weighted by molar-refractivity contribution is 1.01. The van der Waals surface area contributed by atoms with Gasteiger partial charge >= 0.3 is 0 Å². The number of nitrogens with zero attached hydrogens (tertiary/aromatic N) is 2. The summed E-state index contributed by atoms with van der Waals surface area (Å²) in [7, 11) is 0. The summed E-state index contributed by atoms with van der Waals surface area (Å²) in [4.78, 5) is 20.7. The lowest BCUT2D eigenvalue weighted by Crippen LogP contribution is -2.05. The van der Waals surface area contributed by atoms with Crippen molar-refractivity contribution in [3.63, 3.8) is 0 Å². The molecule has 0 aliphatic rings. The van der Waals surface area contributed by atoms with Crippen molar-refractivity contribution in [1.82, 2.24) is 15.0 Å². The summed E-state index contributed by atoms with van der Waals surface area (Å²) >= 11 is 0. The van der Waals surface area contributed by atoms with E-state index in [0.717, 1.165) is 5.56 Å². The number of nitrogens with one attached hydrogen (secondary N) is 2. The molecule has 0 unspecified atom stereocenters. The number of nitriles is 1. The average molecular weight is 188 g/mol. The van der Waals surface area contributed by atoms with E-state index in [9.17, 15) is 4.79 Å². The lowest BCUT2D eigenvalue weighted by atomic mass is 10.2. The van der Waals surface area contributed by atoms with Crippen molar-refractivity contribution in [3.05, 3.63) is 28.4 Å². The van der Waals surface area contributed by atoms with Crippen LogP contribution in [0.5, 0.6) is 0 Å². The molecular formula is C9H8N4O. The van der Waals surface area contributed by atoms with Crippen LogP contribution in [-0.2, 0) is 6.42 Å². The van der Waals surface area contributed by atoms with Gasteiger partial charge in [0.25, 0.3) is 5.56 Å². The van der Waals surface area contributed by atoms with E-state index in [4.69, 9.17) is 5.26 Å². The van der Waals surface area contributed by atoms with Crippen LogP contribution in [0.4, 0.5) is 0 Å². The fraction of sp³-hybridized carbons (Fsp3) is 0.222. The molecule has 5 nitrogen and oxygen atoms in total. The molecule has 0 saturated heterocycles. The Labute approximate surface area is 79.4 Å². The minimum Gasteiger partial charge on any atom is -0.355 e. The Morgan fingerprint density at radius 3 is 3.14 bits per heavy atom. The minimum absolute atomic E-state index is 0.182. The van der Waals surface area contributed by atoms with E-state index in [1.54, 1.807) is 6.20 Å². The number of aryl methyl sites for hydroxylation is 1. The molecule has 2 N–H and O–H groups in total. The molecule has 0 radical (unpaired) electrons. The highest BCUT2D eigenvalue weighted by Gasteiger charge is 2.06. The monoisotopic (exact) mass is 188 g/mol. The summed E-state index contributed by atoms with van der Waals surface area (Å²) in [6.07, 6.45) is 4.15. The molecule has 2 aromatic rings. The van der Waals surface area contributed by atoms with Crippen LogP contribution in [0.3, 0.4) is 0 Å². The number of H-pyrrole nitrogens is 2. The molecule has 2 aromatic heterocycles. The Kier molecular flexibility index (Phi) is 2.03. The van der Waals surface area contributed by atoms with Gasteiger partial charge in [-0.3, -0.25) is 4.79 Å². The van der Waals surface area contributed by atoms with Crippen LogP contribution in [0.25, 0.3) is 11.0 Å². The first kappa shape index (κ1) is 8.51. The molecule has 0 amide bonds. The summed E-state index contributed by atoms with van der Waals surface area (Å²) in [5, 5.41) is 8.44. The van der Waals surface area contributed by atoms with E-state index in [1.807, 2.05) is 0 Å². The van der Waals surface area contributed by atoms with Gasteiger partial charge in [0.05, 0.1) is 17.9 Å². The van der Waals surface area contributed by atoms with Gasteiger partial charge < -0.3 is 9.97 Å². The lowest BCUT2D eigenvalue weighted by Gasteiger charge is -1.91. The second kappa shape index (κ2) is 3.34. The van der Waals surface area contributed by atoms with Gasteiger partial charge in [0, 0.05) is 12.6 Å². The van der Waals surface area contributed by atoms with Gasteiger partial charge in [-0.15, -0.1) is 0 Å². The molecule has 0 fully saturated rings. The van der Waals surface area contributed by atoms with Crippen LogP contribution in [0.1, 0.15) is 12.0 Å². The van der Waals surface area contributed by atoms with Crippen molar-refractivity contribution in [2.75, 3.05) is 0 Å². The highest BCUT2D eigenvalue weighted by molar-refractivity contribution is 5.77. The minimum atomic E-state index is -0.182. The van der Waals surface area contributed by atoms with Crippen LogP contribution in [0.2, 0.25) is 0 Å². The highest BCUT2D eigenvalue weighted by Crippen LogP contribution is 2.12. The molecule has 0 aliphatic heterocycles. The van der Waals surface area contributed by atoms with Gasteiger partial charge in [0.2, 0.25) is 0 Å². The first-order valence-corrected chi connectivity index (χ1v) is 4.23. The van der Waals surface area contributed by atoms with Gasteiger partial charge in [-0.2, -0.15) is 5.26 Å². The zero-order chi connectivity index (χ0) is 9.97. The summed E-state index contributed by atoms with van der Waals surface area (Å²) < 4.78 is 0. The SMILES string of the molecule is N#CCCc1c[nH]c2c(=O)[nH]cnc12. The van der Waals surface area contributed by atoms with E-state index in [-0.39, 0.29) is 5.56 Å². The quantitative estimate of drug-likeness (QED) is 0.727. The van der Waals surface area contributed by atoms with Crippen LogP contribution < -0.4 is 5.56 Å². The summed E-state index contributed by atoms with van der Waals surface area (Å²) in [5.74, 6) is 0. The van der Waals surface area contributed by atoms with Crippen molar-refractivity contribution in [3.8, 4) is 6.07 Å². The Morgan fingerprint density at radius 2 is 2.36 bits per heavy atom. The van der Waals surface area contributed by atoms with E-state index in [2.05, 4.69) is 21.0 Å². The predicted octanol–water partition coefficient (Wildman–Crippen LogP) is 0.707. The fourth-order valence-electron chi connectivity index (χ4n) is 1.39. The van der Waals surface area contributed by atoms with Crippen LogP contribution >= 0.6 is 0 Å². The maximum absolute atomic E-state index is 11.3. The van der Waals surface area contributed by atoms with Crippen molar-refractivity contribution < 1.29 is 0 Å². The molecule has 0 atom stereocenters. The molecule has 2 rings (SSSR count). The second-order valence-electron chi connectivity index (χ2n) is 2.93. The van der Waals surface area contributed by atoms with E-state index in [1.165, 1.54) is 6.33 Å². The number of aromatic amines is 2. The molecule has 5 heteroatoms. The smallest absolute Gasteiger partial charge is 0.275 e. The molecule has 2 heterocycles. The number of rotatable bonds is 2. The number of hydrogen-bond acceptors (Lipinski definition) is 3. The zero-order valence-electron chi connectivity index (χ0n) is 7.37. The molecule has 0 saturated carbocycles. The molecule has 0 aliphatic carbocycles. The van der Waals surface area contributed by atoms with Crippen LogP contribution in [0, 0.1) is 11.3 Å². The maximum Gasteiger partial charge on any atom is 0.275 e. The fourth-order valence-corrected chi connectivity index (χ4v) is 1.39. The van der Waals surface area contributed by atoms with Crippen LogP contribution in [-0.4, -0.2) is 15.0 Å². The Bertz CT molecular complexity index is 546. The summed E-state index contributed by atoms with van der Waals surface area (Å²) in [6.45, 7) is 0. The maximum atomic E-state index is 11.3. The van der Waals surface area contributed by atoms with Crippen LogP contribution in [0.15, 0.2) is 17.3 Å². The Hall–Kier alpha value is -2.09. The van der Waals surface area contributed by atoms with E-state index < -0.39 is 0 Å². The zero-order valence-corrected chi connectivity index (χ0v) is 7.37. The highest BCUT2D eigenvalue weighted by atomic mass is 16.1. The third kappa shape index (κ3) is 1.27. The summed E-state index contributed by atoms with van der Waals surface area (Å²) in [6, 6.07) is 2.06. The summed E-state index contributed by atoms with van der Waals surface area (Å²) in [5.41, 5.74) is 1.86. The average Bonchev–Trinajstić information content (AvgIpc) is 2.60. The second-order valence-corrected chi connectivity index (χ2v) is 2.93. The van der Waals surface area contributed by atoms with Gasteiger partial charge in [-0.1, -0.05) is 0 Å². The molecule has 0 aromatic carbocycles. The Balaban J connectivity index is 2.54. The molecule has 0 bridgehead atoms. The molecule has 0 spiro atoms. The third-order valence-electron chi connectivity index (χ3n) is 2.05. The number of fused-ring (bicyclic) bond motifs is 1. The standard InChI is InChI=1S/C9H8N4O/c10-3-1-2-6-4-11-8-7(6)12-5-13-9(8)14/h4-5,11H,1-2H2,(H,12,13,14). The van der Waals surface area contributed by atoms with Crippen molar-refractivity contribution >= 4 is 11.0 Å². The third-order valence-corrected chi connectivity index (χ3v) is 2.05. The number of hydrogen-bond donors (Lipinski definition) is 2. The van der Waals surface area contributed by atoms with Gasteiger partial charge in [-0.25, -0.2) is 4.98 Å². The molecule has 70 valence electrons. The van der Waals surface area contributed by atoms with Crippen molar-refractivity contribution in [2.45, 2.75) is 12.8 Å². The number of aromatic nitrogens is 3.